The van der Waals surface area contributed by atoms with Crippen molar-refractivity contribution in [1.29, 1.82) is 5.26 Å². The Bertz CT molecular complexity index is 2110. The maximum atomic E-state index is 13.7. The number of rotatable bonds is 7. The third kappa shape index (κ3) is 5.41. The monoisotopic (exact) mass is 667 g/mol. The molecular formula is C34H33N7O4S2. The summed E-state index contributed by atoms with van der Waals surface area (Å²) in [6.07, 6.45) is 9.21. The zero-order valence-corrected chi connectivity index (χ0v) is 27.5. The number of ether oxygens (including phenoxy) is 2. The van der Waals surface area contributed by atoms with Gasteiger partial charge < -0.3 is 14.8 Å². The molecule has 2 aromatic carbocycles. The van der Waals surface area contributed by atoms with Gasteiger partial charge in [-0.3, -0.25) is 9.25 Å². The first-order chi connectivity index (χ1) is 22.7. The molecule has 4 heterocycles. The van der Waals surface area contributed by atoms with Crippen molar-refractivity contribution in [2.45, 2.75) is 67.9 Å². The van der Waals surface area contributed by atoms with Gasteiger partial charge in [-0.25, -0.2) is 18.4 Å². The number of hydrogen-bond acceptors (Lipinski definition) is 10. The SMILES string of the molecule is CC1(C)C(OC(=S)n2ccnc2)c2cc(Nc3nn([C@H]4CCCC[C@@H]4C#N)c4ccnc(OCc5ccccc5)c34)ccc2S1(=O)=O. The number of thiocarbonyl (C=S) groups is 1. The van der Waals surface area contributed by atoms with E-state index in [1.807, 2.05) is 41.1 Å². The molecule has 3 atom stereocenters. The summed E-state index contributed by atoms with van der Waals surface area (Å²) < 4.78 is 42.0. The molecule has 7 rings (SSSR count). The van der Waals surface area contributed by atoms with Gasteiger partial charge in [0.05, 0.1) is 28.4 Å². The van der Waals surface area contributed by atoms with Gasteiger partial charge in [0.2, 0.25) is 5.88 Å². The first-order valence-corrected chi connectivity index (χ1v) is 17.4. The number of nitriles is 1. The van der Waals surface area contributed by atoms with E-state index in [4.69, 9.17) is 26.8 Å². The van der Waals surface area contributed by atoms with Crippen LogP contribution in [0.5, 0.6) is 5.88 Å². The van der Waals surface area contributed by atoms with E-state index in [9.17, 15) is 13.7 Å². The number of imidazole rings is 1. The summed E-state index contributed by atoms with van der Waals surface area (Å²) in [4.78, 5) is 8.80. The van der Waals surface area contributed by atoms with Crippen LogP contribution in [0.25, 0.3) is 10.9 Å². The lowest BCUT2D eigenvalue weighted by Gasteiger charge is -2.27. The van der Waals surface area contributed by atoms with Gasteiger partial charge in [0.1, 0.15) is 29.2 Å². The van der Waals surface area contributed by atoms with Crippen molar-refractivity contribution < 1.29 is 17.9 Å². The third-order valence-corrected chi connectivity index (χ3v) is 12.0. The zero-order chi connectivity index (χ0) is 32.8. The maximum Gasteiger partial charge on any atom is 0.269 e. The van der Waals surface area contributed by atoms with Gasteiger partial charge in [0, 0.05) is 29.8 Å². The molecule has 47 heavy (non-hydrogen) atoms. The van der Waals surface area contributed by atoms with Crippen molar-refractivity contribution >= 4 is 49.6 Å². The Hall–Kier alpha value is -4.80. The number of aromatic nitrogens is 5. The van der Waals surface area contributed by atoms with Crippen molar-refractivity contribution in [3.8, 4) is 11.9 Å². The summed E-state index contributed by atoms with van der Waals surface area (Å²) >= 11 is 5.50. The molecule has 1 aliphatic carbocycles. The molecule has 1 aliphatic heterocycles. The van der Waals surface area contributed by atoms with Gasteiger partial charge in [0.15, 0.2) is 15.7 Å². The first kappa shape index (κ1) is 30.8. The molecule has 2 aliphatic rings. The molecule has 0 amide bonds. The predicted octanol–water partition coefficient (Wildman–Crippen LogP) is 6.66. The Morgan fingerprint density at radius 3 is 2.70 bits per heavy atom. The van der Waals surface area contributed by atoms with E-state index in [0.29, 0.717) is 34.9 Å². The number of sulfone groups is 1. The van der Waals surface area contributed by atoms with E-state index in [0.717, 1.165) is 36.8 Å². The van der Waals surface area contributed by atoms with Crippen LogP contribution in [0.3, 0.4) is 0 Å². The van der Waals surface area contributed by atoms with Crippen LogP contribution in [-0.2, 0) is 21.2 Å². The van der Waals surface area contributed by atoms with E-state index in [1.165, 1.54) is 10.9 Å². The quantitative estimate of drug-likeness (QED) is 0.188. The Labute approximate surface area is 278 Å². The topological polar surface area (TPSA) is 137 Å². The van der Waals surface area contributed by atoms with E-state index >= 15 is 0 Å². The summed E-state index contributed by atoms with van der Waals surface area (Å²) in [6, 6.07) is 19.2. The van der Waals surface area contributed by atoms with Gasteiger partial charge >= 0.3 is 0 Å². The van der Waals surface area contributed by atoms with Gasteiger partial charge in [-0.2, -0.15) is 10.4 Å². The van der Waals surface area contributed by atoms with Crippen LogP contribution in [0.4, 0.5) is 11.5 Å². The van der Waals surface area contributed by atoms with Crippen LogP contribution in [0.15, 0.2) is 84.4 Å². The van der Waals surface area contributed by atoms with Crippen LogP contribution in [0.2, 0.25) is 0 Å². The molecule has 0 spiro atoms. The van der Waals surface area contributed by atoms with Crippen molar-refractivity contribution in [3.05, 3.63) is 90.6 Å². The third-order valence-electron chi connectivity index (χ3n) is 9.12. The van der Waals surface area contributed by atoms with Crippen LogP contribution in [0, 0.1) is 17.2 Å². The Morgan fingerprint density at radius 2 is 1.94 bits per heavy atom. The Balaban J connectivity index is 1.30. The van der Waals surface area contributed by atoms with Crippen molar-refractivity contribution in [2.24, 2.45) is 5.92 Å². The first-order valence-electron chi connectivity index (χ1n) is 15.5. The van der Waals surface area contributed by atoms with Crippen molar-refractivity contribution in [3.63, 3.8) is 0 Å². The molecule has 0 saturated heterocycles. The zero-order valence-electron chi connectivity index (χ0n) is 25.9. The minimum Gasteiger partial charge on any atom is -0.472 e. The lowest BCUT2D eigenvalue weighted by Crippen LogP contribution is -2.35. The van der Waals surface area contributed by atoms with E-state index < -0.39 is 20.7 Å². The molecule has 1 fully saturated rings. The second-order valence-corrected chi connectivity index (χ2v) is 15.2. The van der Waals surface area contributed by atoms with Crippen LogP contribution >= 0.6 is 12.2 Å². The number of anilines is 2. The lowest BCUT2D eigenvalue weighted by atomic mass is 9.85. The highest BCUT2D eigenvalue weighted by molar-refractivity contribution is 7.93. The molecule has 11 nitrogen and oxygen atoms in total. The molecule has 5 aromatic rings. The van der Waals surface area contributed by atoms with Crippen LogP contribution in [-0.4, -0.2) is 42.7 Å². The fourth-order valence-corrected chi connectivity index (χ4v) is 8.49. The largest absolute Gasteiger partial charge is 0.472 e. The average molecular weight is 668 g/mol. The number of pyridine rings is 1. The van der Waals surface area contributed by atoms with E-state index in [1.54, 1.807) is 50.6 Å². The van der Waals surface area contributed by atoms with Crippen molar-refractivity contribution in [2.75, 3.05) is 5.32 Å². The molecule has 0 radical (unpaired) electrons. The standard InChI is InChI=1S/C34H33N7O4S2/c1-34(2)30(45-33(46)40-17-16-36-21-40)25-18-24(12-13-28(25)47(34,42)43)38-31-29-27(41(39-31)26-11-7-6-10-23(26)19-35)14-15-37-32(29)44-20-22-8-4-3-5-9-22/h3-5,8-9,12-18,21,23,26,30H,6-7,10-11,20H2,1-2H3,(H,38,39)/t23-,26+,30?/m1/s1. The van der Waals surface area contributed by atoms with Gasteiger partial charge in [-0.05, 0) is 68.7 Å². The lowest BCUT2D eigenvalue weighted by molar-refractivity contribution is 0.156. The van der Waals surface area contributed by atoms with Crippen molar-refractivity contribution in [1.82, 2.24) is 24.3 Å². The second-order valence-electron chi connectivity index (χ2n) is 12.4. The minimum absolute atomic E-state index is 0.0949. The Morgan fingerprint density at radius 1 is 1.13 bits per heavy atom. The average Bonchev–Trinajstić information content (AvgIpc) is 3.78. The molecule has 0 bridgehead atoms. The van der Waals surface area contributed by atoms with E-state index in [-0.39, 0.29) is 22.0 Å². The summed E-state index contributed by atoms with van der Waals surface area (Å²) in [7, 11) is -3.75. The highest BCUT2D eigenvalue weighted by atomic mass is 32.2. The fraction of sp³-hybridized carbons (Fsp3) is 0.324. The summed E-state index contributed by atoms with van der Waals surface area (Å²) in [5.74, 6) is 0.720. The van der Waals surface area contributed by atoms with Crippen LogP contribution in [0.1, 0.15) is 62.8 Å². The molecule has 240 valence electrons. The van der Waals surface area contributed by atoms with Crippen LogP contribution < -0.4 is 10.1 Å². The number of hydrogen-bond donors (Lipinski definition) is 1. The summed E-state index contributed by atoms with van der Waals surface area (Å²) in [5.41, 5.74) is 2.88. The summed E-state index contributed by atoms with van der Waals surface area (Å²) in [6.45, 7) is 3.59. The summed E-state index contributed by atoms with van der Waals surface area (Å²) in [5, 5.41) is 19.2. The normalized spacial score (nSPS) is 21.1. The number of nitrogens with zero attached hydrogens (tertiary/aromatic N) is 6. The molecule has 1 saturated carbocycles. The van der Waals surface area contributed by atoms with Gasteiger partial charge in [-0.15, -0.1) is 0 Å². The Kier molecular flexibility index (Phi) is 7.93. The molecule has 3 aromatic heterocycles. The fourth-order valence-electron chi connectivity index (χ4n) is 6.53. The molecule has 13 heteroatoms. The second kappa shape index (κ2) is 12.1. The molecule has 1 N–H and O–H groups in total. The number of fused-ring (bicyclic) bond motifs is 2. The number of nitrogens with one attached hydrogen (secondary N) is 1. The highest BCUT2D eigenvalue weighted by Crippen LogP contribution is 2.50. The van der Waals surface area contributed by atoms with E-state index in [2.05, 4.69) is 21.4 Å². The smallest absolute Gasteiger partial charge is 0.269 e. The predicted molar refractivity (Wildman–Crippen MR) is 180 cm³/mol. The molecular weight excluding hydrogens is 635 g/mol. The minimum atomic E-state index is -3.75. The van der Waals surface area contributed by atoms with Gasteiger partial charge in [0.25, 0.3) is 5.17 Å². The molecule has 1 unspecified atom stereocenters. The highest BCUT2D eigenvalue weighted by Gasteiger charge is 2.54. The number of benzene rings is 2. The van der Waals surface area contributed by atoms with Gasteiger partial charge in [-0.1, -0.05) is 43.2 Å². The maximum absolute atomic E-state index is 13.7.